The first-order chi connectivity index (χ1) is 13.3. The van der Waals surface area contributed by atoms with Crippen molar-refractivity contribution in [2.75, 3.05) is 0 Å². The molecule has 0 radical (unpaired) electrons. The molecule has 0 aromatic rings. The van der Waals surface area contributed by atoms with Crippen LogP contribution < -0.4 is 0 Å². The van der Waals surface area contributed by atoms with Gasteiger partial charge in [0.2, 0.25) is 0 Å². The monoisotopic (exact) mass is 434 g/mol. The van der Waals surface area contributed by atoms with Gasteiger partial charge in [0, 0.05) is 6.10 Å². The van der Waals surface area contributed by atoms with Crippen LogP contribution in [0.1, 0.15) is 65.2 Å². The van der Waals surface area contributed by atoms with Gasteiger partial charge in [-0.2, -0.15) is 0 Å². The van der Waals surface area contributed by atoms with Crippen molar-refractivity contribution in [2.45, 2.75) is 117 Å². The van der Waals surface area contributed by atoms with Crippen LogP contribution in [0.15, 0.2) is 11.6 Å². The van der Waals surface area contributed by atoms with Gasteiger partial charge in [-0.1, -0.05) is 25.5 Å². The molecule has 3 saturated carbocycles. The molecule has 0 aromatic carbocycles. The molecule has 2 nitrogen and oxygen atoms in total. The van der Waals surface area contributed by atoms with E-state index >= 15 is 0 Å². The standard InChI is InChI=1S/C25H46O2Si2/c1-24-15-13-19(26-28(3,4)5)17-18(24)9-10-20-21-11-12-23(27-29(6,7)8)25(21,2)16-14-22(20)24/h14,18-21,23H,9-13,15-17H2,1-8H3/t18-,19+,20?,21?,23-,24-,25-/m0/s1. The first-order valence-corrected chi connectivity index (χ1v) is 19.2. The molecule has 0 bridgehead atoms. The van der Waals surface area contributed by atoms with E-state index in [4.69, 9.17) is 8.85 Å². The van der Waals surface area contributed by atoms with Crippen LogP contribution in [0.25, 0.3) is 0 Å². The molecule has 0 aromatic heterocycles. The van der Waals surface area contributed by atoms with E-state index in [1.807, 2.05) is 5.57 Å². The summed E-state index contributed by atoms with van der Waals surface area (Å²) in [6, 6.07) is 0. The van der Waals surface area contributed by atoms with Gasteiger partial charge in [0.1, 0.15) is 0 Å². The molecule has 3 fully saturated rings. The van der Waals surface area contributed by atoms with Crippen molar-refractivity contribution >= 4 is 16.6 Å². The van der Waals surface area contributed by atoms with Crippen LogP contribution in [0.5, 0.6) is 0 Å². The highest BCUT2D eigenvalue weighted by molar-refractivity contribution is 6.70. The topological polar surface area (TPSA) is 18.5 Å². The highest BCUT2D eigenvalue weighted by atomic mass is 28.4. The molecule has 166 valence electrons. The predicted molar refractivity (Wildman–Crippen MR) is 128 cm³/mol. The zero-order chi connectivity index (χ0) is 21.2. The van der Waals surface area contributed by atoms with Crippen LogP contribution >= 0.6 is 0 Å². The molecule has 29 heavy (non-hydrogen) atoms. The minimum atomic E-state index is -1.49. The van der Waals surface area contributed by atoms with Crippen molar-refractivity contribution in [2.24, 2.45) is 28.6 Å². The molecule has 4 aliphatic rings. The molecule has 7 atom stereocenters. The number of allylic oxidation sites excluding steroid dienone is 2. The normalized spacial score (nSPS) is 45.2. The van der Waals surface area contributed by atoms with Crippen LogP contribution in [0.2, 0.25) is 39.3 Å². The van der Waals surface area contributed by atoms with E-state index in [1.165, 1.54) is 51.4 Å². The van der Waals surface area contributed by atoms with Gasteiger partial charge in [0.05, 0.1) is 6.10 Å². The van der Waals surface area contributed by atoms with Gasteiger partial charge in [-0.3, -0.25) is 0 Å². The van der Waals surface area contributed by atoms with E-state index in [9.17, 15) is 0 Å². The molecule has 0 amide bonds. The lowest BCUT2D eigenvalue weighted by Crippen LogP contribution is -2.51. The summed E-state index contributed by atoms with van der Waals surface area (Å²) in [5.74, 6) is 2.50. The fourth-order valence-corrected chi connectivity index (χ4v) is 10.1. The quantitative estimate of drug-likeness (QED) is 0.339. The Morgan fingerprint density at radius 1 is 0.862 bits per heavy atom. The first-order valence-electron chi connectivity index (χ1n) is 12.4. The SMILES string of the molecule is C[C@]12CC=C3C(CC[C@H]4C[C@H](O[Si](C)(C)C)CC[C@]34C)C1CC[C@@H]2O[Si](C)(C)C. The third-order valence-corrected chi connectivity index (χ3v) is 10.9. The van der Waals surface area contributed by atoms with Crippen molar-refractivity contribution in [1.82, 2.24) is 0 Å². The molecule has 0 spiro atoms. The highest BCUT2D eigenvalue weighted by Gasteiger charge is 2.58. The smallest absolute Gasteiger partial charge is 0.184 e. The Hall–Kier alpha value is 0.0938. The molecule has 0 aliphatic heterocycles. The summed E-state index contributed by atoms with van der Waals surface area (Å²) in [7, 11) is -2.93. The Kier molecular flexibility index (Phi) is 5.62. The van der Waals surface area contributed by atoms with E-state index in [0.29, 0.717) is 23.0 Å². The summed E-state index contributed by atoms with van der Waals surface area (Å²) in [5.41, 5.74) is 2.66. The van der Waals surface area contributed by atoms with Crippen molar-refractivity contribution in [3.8, 4) is 0 Å². The first kappa shape index (κ1) is 22.3. The second kappa shape index (κ2) is 7.32. The maximum atomic E-state index is 6.74. The molecule has 4 rings (SSSR count). The molecule has 0 N–H and O–H groups in total. The summed E-state index contributed by atoms with van der Waals surface area (Å²) in [5, 5.41) is 0. The minimum Gasteiger partial charge on any atom is -0.415 e. The summed E-state index contributed by atoms with van der Waals surface area (Å²) in [4.78, 5) is 0. The second-order valence-corrected chi connectivity index (χ2v) is 22.1. The van der Waals surface area contributed by atoms with Crippen molar-refractivity contribution < 1.29 is 8.85 Å². The van der Waals surface area contributed by atoms with Crippen LogP contribution in [-0.2, 0) is 8.85 Å². The third kappa shape index (κ3) is 4.13. The highest BCUT2D eigenvalue weighted by Crippen LogP contribution is 2.64. The van der Waals surface area contributed by atoms with Gasteiger partial charge in [-0.15, -0.1) is 0 Å². The van der Waals surface area contributed by atoms with Crippen LogP contribution in [-0.4, -0.2) is 28.8 Å². The van der Waals surface area contributed by atoms with Crippen molar-refractivity contribution in [3.63, 3.8) is 0 Å². The van der Waals surface area contributed by atoms with Gasteiger partial charge in [-0.25, -0.2) is 0 Å². The molecular weight excluding hydrogens is 388 g/mol. The van der Waals surface area contributed by atoms with Crippen molar-refractivity contribution in [3.05, 3.63) is 11.6 Å². The number of rotatable bonds is 4. The lowest BCUT2D eigenvalue weighted by molar-refractivity contribution is -0.0188. The van der Waals surface area contributed by atoms with Crippen molar-refractivity contribution in [1.29, 1.82) is 0 Å². The van der Waals surface area contributed by atoms with Crippen LogP contribution in [0.3, 0.4) is 0 Å². The fourth-order valence-electron chi connectivity index (χ4n) is 7.67. The molecule has 4 heteroatoms. The summed E-state index contributed by atoms with van der Waals surface area (Å²) >= 11 is 0. The second-order valence-electron chi connectivity index (χ2n) is 13.2. The van der Waals surface area contributed by atoms with Crippen LogP contribution in [0, 0.1) is 28.6 Å². The summed E-state index contributed by atoms with van der Waals surface area (Å²) < 4.78 is 13.3. The van der Waals surface area contributed by atoms with Gasteiger partial charge in [0.25, 0.3) is 0 Å². The average Bonchev–Trinajstić information content (AvgIpc) is 2.89. The van der Waals surface area contributed by atoms with E-state index in [0.717, 1.165) is 17.8 Å². The predicted octanol–water partition coefficient (Wildman–Crippen LogP) is 7.39. The van der Waals surface area contributed by atoms with Gasteiger partial charge in [-0.05, 0) is 119 Å². The Bertz CT molecular complexity index is 661. The Morgan fingerprint density at radius 3 is 2.21 bits per heavy atom. The minimum absolute atomic E-state index is 0.371. The largest absolute Gasteiger partial charge is 0.415 e. The summed E-state index contributed by atoms with van der Waals surface area (Å²) in [6.45, 7) is 19.3. The molecule has 0 saturated heterocycles. The number of hydrogen-bond donors (Lipinski definition) is 0. The average molecular weight is 435 g/mol. The lowest BCUT2D eigenvalue weighted by Gasteiger charge is -2.57. The van der Waals surface area contributed by atoms with E-state index in [-0.39, 0.29) is 0 Å². The van der Waals surface area contributed by atoms with Gasteiger partial charge >= 0.3 is 0 Å². The maximum absolute atomic E-state index is 6.74. The molecule has 2 unspecified atom stereocenters. The zero-order valence-corrected chi connectivity index (χ0v) is 22.4. The zero-order valence-electron chi connectivity index (χ0n) is 20.4. The lowest BCUT2D eigenvalue weighted by atomic mass is 9.49. The van der Waals surface area contributed by atoms with E-state index in [2.05, 4.69) is 59.2 Å². The third-order valence-electron chi connectivity index (χ3n) is 8.91. The van der Waals surface area contributed by atoms with Gasteiger partial charge in [0.15, 0.2) is 16.6 Å². The molecule has 4 aliphatic carbocycles. The van der Waals surface area contributed by atoms with E-state index in [1.54, 1.807) is 0 Å². The Morgan fingerprint density at radius 2 is 1.55 bits per heavy atom. The molecule has 0 heterocycles. The number of fused-ring (bicyclic) bond motifs is 5. The van der Waals surface area contributed by atoms with Crippen LogP contribution in [0.4, 0.5) is 0 Å². The number of hydrogen-bond acceptors (Lipinski definition) is 2. The van der Waals surface area contributed by atoms with E-state index < -0.39 is 16.6 Å². The Balaban J connectivity index is 1.54. The fraction of sp³-hybridized carbons (Fsp3) is 0.920. The van der Waals surface area contributed by atoms with Gasteiger partial charge < -0.3 is 8.85 Å². The summed E-state index contributed by atoms with van der Waals surface area (Å²) in [6.07, 6.45) is 14.4. The molecular formula is C25H46O2Si2. The Labute approximate surface area is 182 Å². The maximum Gasteiger partial charge on any atom is 0.184 e.